The zero-order valence-electron chi connectivity index (χ0n) is 9.93. The lowest BCUT2D eigenvalue weighted by atomic mass is 10.1. The van der Waals surface area contributed by atoms with Crippen molar-refractivity contribution < 1.29 is 14.3 Å². The quantitative estimate of drug-likeness (QED) is 0.895. The number of nitrogens with zero attached hydrogens (tertiary/aromatic N) is 1. The normalized spacial score (nSPS) is 16.9. The average molecular weight is 311 g/mol. The Balaban J connectivity index is 1.94. The van der Waals surface area contributed by atoms with Gasteiger partial charge in [-0.05, 0) is 24.3 Å². The SMILES string of the molecule is O=C1Nc2cc(Sc3ccc(Cl)cn3)c(F)cc2C1O. The second-order valence-corrected chi connectivity index (χ2v) is 5.68. The maximum atomic E-state index is 14.0. The highest BCUT2D eigenvalue weighted by molar-refractivity contribution is 7.99. The number of halogens is 2. The van der Waals surface area contributed by atoms with Gasteiger partial charge >= 0.3 is 0 Å². The maximum Gasteiger partial charge on any atom is 0.257 e. The van der Waals surface area contributed by atoms with Crippen molar-refractivity contribution in [2.45, 2.75) is 16.0 Å². The third-order valence-electron chi connectivity index (χ3n) is 2.82. The molecular formula is C13H8ClFN2O2S. The first kappa shape index (κ1) is 13.4. The number of carbonyl (C=O) groups excluding carboxylic acids is 1. The van der Waals surface area contributed by atoms with Gasteiger partial charge in [0, 0.05) is 17.4 Å². The van der Waals surface area contributed by atoms with Crippen LogP contribution >= 0.6 is 23.4 Å². The van der Waals surface area contributed by atoms with E-state index >= 15 is 0 Å². The zero-order chi connectivity index (χ0) is 14.3. The van der Waals surface area contributed by atoms with Gasteiger partial charge in [-0.25, -0.2) is 9.37 Å². The van der Waals surface area contributed by atoms with Crippen LogP contribution in [0.2, 0.25) is 5.02 Å². The first-order valence-electron chi connectivity index (χ1n) is 5.66. The summed E-state index contributed by atoms with van der Waals surface area (Å²) in [5.74, 6) is -1.06. The van der Waals surface area contributed by atoms with E-state index in [1.54, 1.807) is 12.1 Å². The summed E-state index contributed by atoms with van der Waals surface area (Å²) >= 11 is 6.85. The van der Waals surface area contributed by atoms with E-state index in [4.69, 9.17) is 11.6 Å². The van der Waals surface area contributed by atoms with Crippen molar-refractivity contribution in [3.8, 4) is 0 Å². The van der Waals surface area contributed by atoms with Gasteiger partial charge in [0.1, 0.15) is 10.8 Å². The number of anilines is 1. The lowest BCUT2D eigenvalue weighted by Crippen LogP contribution is -2.10. The van der Waals surface area contributed by atoms with Gasteiger partial charge in [0.25, 0.3) is 5.91 Å². The summed E-state index contributed by atoms with van der Waals surface area (Å²) in [6.45, 7) is 0. The van der Waals surface area contributed by atoms with Gasteiger partial charge in [0.15, 0.2) is 6.10 Å². The molecular weight excluding hydrogens is 303 g/mol. The molecule has 0 radical (unpaired) electrons. The number of aromatic nitrogens is 1. The van der Waals surface area contributed by atoms with E-state index in [0.29, 0.717) is 20.6 Å². The fourth-order valence-corrected chi connectivity index (χ4v) is 2.77. The first-order chi connectivity index (χ1) is 9.54. The molecule has 0 saturated heterocycles. The van der Waals surface area contributed by atoms with Gasteiger partial charge in [-0.15, -0.1) is 0 Å². The lowest BCUT2D eigenvalue weighted by molar-refractivity contribution is -0.123. The molecule has 2 aromatic rings. The highest BCUT2D eigenvalue weighted by Crippen LogP contribution is 2.37. The number of rotatable bonds is 2. The molecule has 7 heteroatoms. The van der Waals surface area contributed by atoms with Crippen molar-refractivity contribution in [2.24, 2.45) is 0 Å². The maximum absolute atomic E-state index is 14.0. The Bertz CT molecular complexity index is 694. The number of aliphatic hydroxyl groups excluding tert-OH is 1. The zero-order valence-corrected chi connectivity index (χ0v) is 11.5. The van der Waals surface area contributed by atoms with Crippen LogP contribution in [0.25, 0.3) is 0 Å². The van der Waals surface area contributed by atoms with E-state index in [1.165, 1.54) is 12.3 Å². The van der Waals surface area contributed by atoms with E-state index in [9.17, 15) is 14.3 Å². The summed E-state index contributed by atoms with van der Waals surface area (Å²) in [6, 6.07) is 5.98. The molecule has 1 amide bonds. The van der Waals surface area contributed by atoms with Crippen LogP contribution < -0.4 is 5.32 Å². The Morgan fingerprint density at radius 3 is 2.90 bits per heavy atom. The van der Waals surface area contributed by atoms with Crippen molar-refractivity contribution in [1.82, 2.24) is 4.98 Å². The number of pyridine rings is 1. The van der Waals surface area contributed by atoms with E-state index in [0.717, 1.165) is 17.8 Å². The number of aliphatic hydroxyl groups is 1. The lowest BCUT2D eigenvalue weighted by Gasteiger charge is -2.06. The van der Waals surface area contributed by atoms with Crippen LogP contribution in [0.3, 0.4) is 0 Å². The largest absolute Gasteiger partial charge is 0.378 e. The van der Waals surface area contributed by atoms with Crippen LogP contribution in [0.5, 0.6) is 0 Å². The molecule has 102 valence electrons. The molecule has 1 aliphatic heterocycles. The Morgan fingerprint density at radius 1 is 1.40 bits per heavy atom. The molecule has 1 aromatic heterocycles. The third kappa shape index (κ3) is 2.37. The van der Waals surface area contributed by atoms with Crippen LogP contribution in [-0.2, 0) is 4.79 Å². The second-order valence-electron chi connectivity index (χ2n) is 4.18. The smallest absolute Gasteiger partial charge is 0.257 e. The van der Waals surface area contributed by atoms with Gasteiger partial charge < -0.3 is 10.4 Å². The van der Waals surface area contributed by atoms with Gasteiger partial charge in [-0.2, -0.15) is 0 Å². The summed E-state index contributed by atoms with van der Waals surface area (Å²) in [5, 5.41) is 13.2. The second kappa shape index (κ2) is 5.05. The van der Waals surface area contributed by atoms with Gasteiger partial charge in [0.05, 0.1) is 9.92 Å². The fraction of sp³-hybridized carbons (Fsp3) is 0.0769. The van der Waals surface area contributed by atoms with E-state index < -0.39 is 17.8 Å². The number of nitrogens with one attached hydrogen (secondary N) is 1. The molecule has 4 nitrogen and oxygen atoms in total. The summed E-state index contributed by atoms with van der Waals surface area (Å²) in [6.07, 6.45) is 0.160. The van der Waals surface area contributed by atoms with Crippen LogP contribution in [0.4, 0.5) is 10.1 Å². The molecule has 0 bridgehead atoms. The summed E-state index contributed by atoms with van der Waals surface area (Å²) in [7, 11) is 0. The molecule has 0 fully saturated rings. The van der Waals surface area contributed by atoms with Gasteiger partial charge in [-0.3, -0.25) is 4.79 Å². The average Bonchev–Trinajstić information content (AvgIpc) is 2.69. The summed E-state index contributed by atoms with van der Waals surface area (Å²) in [5.41, 5.74) is 0.668. The molecule has 2 heterocycles. The molecule has 0 saturated carbocycles. The summed E-state index contributed by atoms with van der Waals surface area (Å²) in [4.78, 5) is 15.7. The van der Waals surface area contributed by atoms with Gasteiger partial charge in [-0.1, -0.05) is 23.4 Å². The fourth-order valence-electron chi connectivity index (χ4n) is 1.86. The van der Waals surface area contributed by atoms with E-state index in [2.05, 4.69) is 10.3 Å². The summed E-state index contributed by atoms with van der Waals surface area (Å²) < 4.78 is 14.0. The van der Waals surface area contributed by atoms with Crippen molar-refractivity contribution in [3.63, 3.8) is 0 Å². The third-order valence-corrected chi connectivity index (χ3v) is 4.03. The molecule has 20 heavy (non-hydrogen) atoms. The topological polar surface area (TPSA) is 62.2 Å². The van der Waals surface area contributed by atoms with Gasteiger partial charge in [0.2, 0.25) is 0 Å². The minimum atomic E-state index is -1.31. The van der Waals surface area contributed by atoms with Crippen LogP contribution in [0.1, 0.15) is 11.7 Å². The molecule has 1 unspecified atom stereocenters. The highest BCUT2D eigenvalue weighted by Gasteiger charge is 2.30. The predicted octanol–water partition coefficient (Wildman–Crippen LogP) is 3.01. The highest BCUT2D eigenvalue weighted by atomic mass is 35.5. The number of fused-ring (bicyclic) bond motifs is 1. The van der Waals surface area contributed by atoms with Crippen molar-refractivity contribution >= 4 is 35.0 Å². The number of amides is 1. The monoisotopic (exact) mass is 310 g/mol. The Morgan fingerprint density at radius 2 is 2.20 bits per heavy atom. The molecule has 0 spiro atoms. The van der Waals surface area contributed by atoms with E-state index in [1.807, 2.05) is 0 Å². The van der Waals surface area contributed by atoms with Crippen LogP contribution in [0.15, 0.2) is 40.4 Å². The molecule has 1 aliphatic rings. The van der Waals surface area contributed by atoms with Crippen molar-refractivity contribution in [3.05, 3.63) is 46.9 Å². The number of carbonyl (C=O) groups is 1. The Kier molecular flexibility index (Phi) is 3.37. The minimum absolute atomic E-state index is 0.251. The molecule has 1 atom stereocenters. The first-order valence-corrected chi connectivity index (χ1v) is 6.86. The molecule has 1 aromatic carbocycles. The predicted molar refractivity (Wildman–Crippen MR) is 73.4 cm³/mol. The Hall–Kier alpha value is -1.63. The molecule has 3 rings (SSSR count). The molecule has 0 aliphatic carbocycles. The number of hydrogen-bond acceptors (Lipinski definition) is 4. The van der Waals surface area contributed by atoms with Crippen molar-refractivity contribution in [2.75, 3.05) is 5.32 Å². The molecule has 2 N–H and O–H groups in total. The van der Waals surface area contributed by atoms with Crippen molar-refractivity contribution in [1.29, 1.82) is 0 Å². The van der Waals surface area contributed by atoms with E-state index in [-0.39, 0.29) is 5.56 Å². The number of benzene rings is 1. The Labute approximate surface area is 123 Å². The minimum Gasteiger partial charge on any atom is -0.378 e. The van der Waals surface area contributed by atoms with Crippen LogP contribution in [0, 0.1) is 5.82 Å². The van der Waals surface area contributed by atoms with Crippen LogP contribution in [-0.4, -0.2) is 16.0 Å². The standard InChI is InChI=1S/C13H8ClFN2O2S/c14-6-1-2-11(16-5-6)20-10-4-9-7(3-8(10)15)12(18)13(19)17-9/h1-5,12,18H,(H,17,19). The number of hydrogen-bond donors (Lipinski definition) is 2.